The van der Waals surface area contributed by atoms with Crippen molar-refractivity contribution in [3.63, 3.8) is 0 Å². The van der Waals surface area contributed by atoms with E-state index in [-0.39, 0.29) is 0 Å². The molecule has 1 aliphatic rings. The Morgan fingerprint density at radius 1 is 1.19 bits per heavy atom. The zero-order valence-electron chi connectivity index (χ0n) is 13.4. The summed E-state index contributed by atoms with van der Waals surface area (Å²) in [4.78, 5) is 11.2. The van der Waals surface area contributed by atoms with Gasteiger partial charge in [-0.05, 0) is 38.8 Å². The Bertz CT molecular complexity index is 419. The van der Waals surface area contributed by atoms with Gasteiger partial charge in [0.1, 0.15) is 18.8 Å². The van der Waals surface area contributed by atoms with Crippen LogP contribution in [0.25, 0.3) is 0 Å². The lowest BCUT2D eigenvalue weighted by Crippen LogP contribution is -2.25. The van der Waals surface area contributed by atoms with Gasteiger partial charge in [0.15, 0.2) is 0 Å². The Hall–Kier alpha value is -1.36. The molecule has 21 heavy (non-hydrogen) atoms. The number of ether oxygens (including phenoxy) is 1. The first-order valence-electron chi connectivity index (χ1n) is 8.28. The van der Waals surface area contributed by atoms with Crippen molar-refractivity contribution in [1.29, 1.82) is 0 Å². The second-order valence-electron chi connectivity index (χ2n) is 5.58. The smallest absolute Gasteiger partial charge is 0.221 e. The van der Waals surface area contributed by atoms with Crippen LogP contribution < -0.4 is 10.1 Å². The Kier molecular flexibility index (Phi) is 6.73. The van der Waals surface area contributed by atoms with E-state index < -0.39 is 0 Å². The number of rotatable bonds is 9. The summed E-state index contributed by atoms with van der Waals surface area (Å²) in [5, 5.41) is 3.38. The highest BCUT2D eigenvalue weighted by atomic mass is 16.5. The Balaban J connectivity index is 1.95. The van der Waals surface area contributed by atoms with Gasteiger partial charge in [0.25, 0.3) is 0 Å². The number of nitrogens with zero attached hydrogens (tertiary/aromatic N) is 3. The molecule has 0 aromatic carbocycles. The average molecular weight is 292 g/mol. The van der Waals surface area contributed by atoms with Crippen molar-refractivity contribution >= 4 is 5.82 Å². The van der Waals surface area contributed by atoms with Crippen LogP contribution in [0.1, 0.15) is 45.1 Å². The summed E-state index contributed by atoms with van der Waals surface area (Å²) in [5.41, 5.74) is 1.12. The van der Waals surface area contributed by atoms with E-state index in [9.17, 15) is 0 Å². The fourth-order valence-corrected chi connectivity index (χ4v) is 2.67. The molecular formula is C16H28N4O. The molecule has 1 aromatic rings. The van der Waals surface area contributed by atoms with Crippen molar-refractivity contribution in [2.75, 3.05) is 38.1 Å². The molecule has 0 unspecified atom stereocenters. The van der Waals surface area contributed by atoms with Crippen LogP contribution in [-0.4, -0.2) is 47.7 Å². The zero-order valence-corrected chi connectivity index (χ0v) is 13.4. The van der Waals surface area contributed by atoms with Gasteiger partial charge in [0.2, 0.25) is 5.88 Å². The largest absolute Gasteiger partial charge is 0.476 e. The standard InChI is InChI=1S/C16H28N4O/c1-3-7-14-15(17-8-4-2)18-13-19-16(14)21-12-11-20-9-5-6-10-20/h13H,3-12H2,1-2H3,(H,17,18,19). The maximum Gasteiger partial charge on any atom is 0.221 e. The predicted molar refractivity (Wildman–Crippen MR) is 86.0 cm³/mol. The summed E-state index contributed by atoms with van der Waals surface area (Å²) in [6, 6.07) is 0. The molecule has 0 saturated carbocycles. The fraction of sp³-hybridized carbons (Fsp3) is 0.750. The molecule has 0 atom stereocenters. The highest BCUT2D eigenvalue weighted by Crippen LogP contribution is 2.23. The van der Waals surface area contributed by atoms with Crippen LogP contribution in [0.4, 0.5) is 5.82 Å². The van der Waals surface area contributed by atoms with Gasteiger partial charge in [-0.3, -0.25) is 4.90 Å². The van der Waals surface area contributed by atoms with Gasteiger partial charge in [-0.1, -0.05) is 20.3 Å². The Morgan fingerprint density at radius 3 is 2.71 bits per heavy atom. The fourth-order valence-electron chi connectivity index (χ4n) is 2.67. The molecule has 0 amide bonds. The first-order chi connectivity index (χ1) is 10.3. The van der Waals surface area contributed by atoms with E-state index in [0.717, 1.165) is 49.6 Å². The predicted octanol–water partition coefficient (Wildman–Crippen LogP) is 2.73. The second-order valence-corrected chi connectivity index (χ2v) is 5.58. The minimum Gasteiger partial charge on any atom is -0.476 e. The van der Waals surface area contributed by atoms with Crippen LogP contribution >= 0.6 is 0 Å². The lowest BCUT2D eigenvalue weighted by molar-refractivity contribution is 0.230. The summed E-state index contributed by atoms with van der Waals surface area (Å²) in [6.45, 7) is 9.37. The molecule has 5 nitrogen and oxygen atoms in total. The SMILES string of the molecule is CCCNc1ncnc(OCCN2CCCC2)c1CCC. The van der Waals surface area contributed by atoms with Gasteiger partial charge in [-0.2, -0.15) is 0 Å². The molecule has 5 heteroatoms. The van der Waals surface area contributed by atoms with Crippen molar-refractivity contribution < 1.29 is 4.74 Å². The summed E-state index contributed by atoms with van der Waals surface area (Å²) in [6.07, 6.45) is 7.34. The van der Waals surface area contributed by atoms with Crippen molar-refractivity contribution in [2.24, 2.45) is 0 Å². The molecule has 1 aromatic heterocycles. The van der Waals surface area contributed by atoms with Crippen LogP contribution in [0, 0.1) is 0 Å². The Labute approximate surface area is 128 Å². The van der Waals surface area contributed by atoms with Gasteiger partial charge < -0.3 is 10.1 Å². The number of anilines is 1. The van der Waals surface area contributed by atoms with E-state index in [4.69, 9.17) is 4.74 Å². The number of hydrogen-bond acceptors (Lipinski definition) is 5. The van der Waals surface area contributed by atoms with E-state index in [0.29, 0.717) is 6.61 Å². The molecule has 1 saturated heterocycles. The van der Waals surface area contributed by atoms with Crippen molar-refractivity contribution in [2.45, 2.75) is 46.0 Å². The van der Waals surface area contributed by atoms with Gasteiger partial charge in [0, 0.05) is 13.1 Å². The molecular weight excluding hydrogens is 264 g/mol. The quantitative estimate of drug-likeness (QED) is 0.758. The number of nitrogens with one attached hydrogen (secondary N) is 1. The summed E-state index contributed by atoms with van der Waals surface area (Å²) in [7, 11) is 0. The maximum atomic E-state index is 5.94. The molecule has 2 rings (SSSR count). The van der Waals surface area contributed by atoms with Crippen LogP contribution in [0.15, 0.2) is 6.33 Å². The minimum absolute atomic E-state index is 0.709. The van der Waals surface area contributed by atoms with E-state index in [1.807, 2.05) is 0 Å². The molecule has 2 heterocycles. The van der Waals surface area contributed by atoms with Crippen LogP contribution in [0.5, 0.6) is 5.88 Å². The third-order valence-electron chi connectivity index (χ3n) is 3.79. The van der Waals surface area contributed by atoms with Crippen LogP contribution in [-0.2, 0) is 6.42 Å². The third kappa shape index (κ3) is 4.84. The van der Waals surface area contributed by atoms with E-state index >= 15 is 0 Å². The summed E-state index contributed by atoms with van der Waals surface area (Å²) >= 11 is 0. The normalized spacial score (nSPS) is 15.3. The monoisotopic (exact) mass is 292 g/mol. The third-order valence-corrected chi connectivity index (χ3v) is 3.79. The van der Waals surface area contributed by atoms with Crippen molar-refractivity contribution in [3.8, 4) is 5.88 Å². The topological polar surface area (TPSA) is 50.3 Å². The maximum absolute atomic E-state index is 5.94. The van der Waals surface area contributed by atoms with Crippen molar-refractivity contribution in [1.82, 2.24) is 14.9 Å². The molecule has 0 spiro atoms. The molecule has 1 aliphatic heterocycles. The van der Waals surface area contributed by atoms with E-state index in [1.165, 1.54) is 25.9 Å². The average Bonchev–Trinajstić information content (AvgIpc) is 3.01. The zero-order chi connectivity index (χ0) is 14.9. The molecule has 0 bridgehead atoms. The van der Waals surface area contributed by atoms with Crippen LogP contribution in [0.2, 0.25) is 0 Å². The first-order valence-corrected chi connectivity index (χ1v) is 8.28. The number of aromatic nitrogens is 2. The van der Waals surface area contributed by atoms with Gasteiger partial charge in [-0.15, -0.1) is 0 Å². The van der Waals surface area contributed by atoms with Gasteiger partial charge >= 0.3 is 0 Å². The van der Waals surface area contributed by atoms with E-state index in [2.05, 4.69) is 34.0 Å². The lowest BCUT2D eigenvalue weighted by Gasteiger charge is -2.17. The van der Waals surface area contributed by atoms with E-state index in [1.54, 1.807) is 6.33 Å². The molecule has 1 fully saturated rings. The second kappa shape index (κ2) is 8.82. The highest BCUT2D eigenvalue weighted by Gasteiger charge is 2.14. The van der Waals surface area contributed by atoms with Gasteiger partial charge in [0.05, 0.1) is 5.56 Å². The summed E-state index contributed by atoms with van der Waals surface area (Å²) < 4.78 is 5.94. The van der Waals surface area contributed by atoms with Crippen molar-refractivity contribution in [3.05, 3.63) is 11.9 Å². The van der Waals surface area contributed by atoms with Crippen LogP contribution in [0.3, 0.4) is 0 Å². The molecule has 0 radical (unpaired) electrons. The summed E-state index contributed by atoms with van der Waals surface area (Å²) in [5.74, 6) is 1.69. The van der Waals surface area contributed by atoms with Gasteiger partial charge in [-0.25, -0.2) is 9.97 Å². The Morgan fingerprint density at radius 2 is 2.00 bits per heavy atom. The number of likely N-dealkylation sites (tertiary alicyclic amines) is 1. The highest BCUT2D eigenvalue weighted by molar-refractivity contribution is 5.48. The minimum atomic E-state index is 0.709. The molecule has 0 aliphatic carbocycles. The number of hydrogen-bond donors (Lipinski definition) is 1. The molecule has 118 valence electrons. The lowest BCUT2D eigenvalue weighted by atomic mass is 10.1. The first kappa shape index (κ1) is 16.0. The molecule has 1 N–H and O–H groups in total.